The van der Waals surface area contributed by atoms with Crippen molar-refractivity contribution in [2.45, 2.75) is 42.9 Å². The molecular weight excluding hydrogens is 511 g/mol. The van der Waals surface area contributed by atoms with Gasteiger partial charge in [0.1, 0.15) is 11.2 Å². The molecule has 1 unspecified atom stereocenters. The van der Waals surface area contributed by atoms with E-state index < -0.39 is 35.5 Å². The van der Waals surface area contributed by atoms with Gasteiger partial charge in [0, 0.05) is 16.5 Å². The number of halogens is 8. The molecule has 11 heteroatoms. The van der Waals surface area contributed by atoms with E-state index in [0.717, 1.165) is 0 Å². The van der Waals surface area contributed by atoms with Crippen molar-refractivity contribution >= 4 is 46.4 Å². The topological polar surface area (TPSA) is 29.1 Å². The van der Waals surface area contributed by atoms with Gasteiger partial charge in [0.25, 0.3) is 0 Å². The summed E-state index contributed by atoms with van der Waals surface area (Å²) in [5, 5.41) is 3.89. The van der Waals surface area contributed by atoms with Crippen LogP contribution in [0.4, 0.5) is 26.3 Å². The van der Waals surface area contributed by atoms with Crippen LogP contribution in [0, 0.1) is 0 Å². The number of carbonyl (C=O) groups excluding carboxylic acids is 1. The fourth-order valence-electron chi connectivity index (χ4n) is 3.52. The molecule has 1 amide bonds. The molecule has 1 heterocycles. The summed E-state index contributed by atoms with van der Waals surface area (Å²) in [6.45, 7) is 1.52. The molecule has 0 saturated heterocycles. The number of allylic oxidation sites excluding steroid dienone is 1. The third kappa shape index (κ3) is 6.00. The molecule has 0 radical (unpaired) electrons. The van der Waals surface area contributed by atoms with Gasteiger partial charge in [-0.15, -0.1) is 11.8 Å². The Morgan fingerprint density at radius 3 is 2.15 bits per heavy atom. The zero-order chi connectivity index (χ0) is 24.6. The first-order chi connectivity index (χ1) is 15.2. The minimum atomic E-state index is -4.61. The van der Waals surface area contributed by atoms with E-state index in [9.17, 15) is 31.1 Å². The van der Waals surface area contributed by atoms with Gasteiger partial charge in [0.15, 0.2) is 0 Å². The molecule has 0 spiro atoms. The summed E-state index contributed by atoms with van der Waals surface area (Å²) < 4.78 is 77.4. The number of alkyl halides is 6. The van der Waals surface area contributed by atoms with Gasteiger partial charge in [-0.25, -0.2) is 0 Å². The quantitative estimate of drug-likeness (QED) is 0.398. The highest BCUT2D eigenvalue weighted by atomic mass is 35.5. The predicted octanol–water partition coefficient (Wildman–Crippen LogP) is 8.06. The van der Waals surface area contributed by atoms with Crippen LogP contribution in [-0.4, -0.2) is 18.3 Å². The van der Waals surface area contributed by atoms with Crippen molar-refractivity contribution in [1.29, 1.82) is 0 Å². The van der Waals surface area contributed by atoms with Crippen LogP contribution in [0.1, 0.15) is 42.5 Å². The molecular formula is C22H17Cl2F6NOS. The molecule has 0 saturated carbocycles. The summed E-state index contributed by atoms with van der Waals surface area (Å²) in [6, 6.07) is 9.42. The molecule has 0 aromatic heterocycles. The van der Waals surface area contributed by atoms with E-state index in [1.165, 1.54) is 30.5 Å². The molecule has 1 N–H and O–H groups in total. The third-order valence-corrected chi connectivity index (χ3v) is 7.00. The van der Waals surface area contributed by atoms with Crippen LogP contribution in [0.2, 0.25) is 10.0 Å². The van der Waals surface area contributed by atoms with Gasteiger partial charge in [0.2, 0.25) is 5.91 Å². The zero-order valence-corrected chi connectivity index (χ0v) is 19.3. The average Bonchev–Trinajstić information content (AvgIpc) is 3.12. The van der Waals surface area contributed by atoms with Gasteiger partial charge in [-0.1, -0.05) is 47.5 Å². The molecule has 1 aliphatic rings. The third-order valence-electron chi connectivity index (χ3n) is 5.15. The highest BCUT2D eigenvalue weighted by molar-refractivity contribution is 8.03. The molecule has 33 heavy (non-hydrogen) atoms. The number of nitrogens with one attached hydrogen (secondary N) is 1. The largest absolute Gasteiger partial charge is 0.407 e. The lowest BCUT2D eigenvalue weighted by Gasteiger charge is -2.32. The van der Waals surface area contributed by atoms with Gasteiger partial charge in [-0.2, -0.15) is 26.3 Å². The minimum Gasteiger partial charge on any atom is -0.349 e. The van der Waals surface area contributed by atoms with Crippen molar-refractivity contribution in [3.63, 3.8) is 0 Å². The van der Waals surface area contributed by atoms with Crippen LogP contribution in [0.5, 0.6) is 0 Å². The monoisotopic (exact) mass is 527 g/mol. The lowest BCUT2D eigenvalue weighted by atomic mass is 9.88. The zero-order valence-electron chi connectivity index (χ0n) is 17.0. The first-order valence-corrected chi connectivity index (χ1v) is 11.2. The number of carbonyl (C=O) groups is 1. The van der Waals surface area contributed by atoms with Crippen molar-refractivity contribution in [2.75, 3.05) is 0 Å². The number of hydrogen-bond acceptors (Lipinski definition) is 2. The Bertz CT molecular complexity index is 1050. The Morgan fingerprint density at radius 2 is 1.64 bits per heavy atom. The smallest absolute Gasteiger partial charge is 0.349 e. The van der Waals surface area contributed by atoms with E-state index in [4.69, 9.17) is 23.2 Å². The summed E-state index contributed by atoms with van der Waals surface area (Å²) in [5.74, 6) is -1.16. The maximum absolute atomic E-state index is 14.2. The van der Waals surface area contributed by atoms with Crippen molar-refractivity contribution in [1.82, 2.24) is 5.32 Å². The molecule has 2 aromatic rings. The number of rotatable bonds is 5. The van der Waals surface area contributed by atoms with Crippen LogP contribution >= 0.6 is 35.0 Å². The van der Waals surface area contributed by atoms with Crippen molar-refractivity contribution < 1.29 is 31.1 Å². The highest BCUT2D eigenvalue weighted by Crippen LogP contribution is 2.60. The molecule has 1 aliphatic heterocycles. The van der Waals surface area contributed by atoms with Gasteiger partial charge in [-0.3, -0.25) is 4.79 Å². The van der Waals surface area contributed by atoms with Crippen LogP contribution < -0.4 is 5.32 Å². The number of benzene rings is 2. The van der Waals surface area contributed by atoms with Crippen LogP contribution in [-0.2, 0) is 9.54 Å². The standard InChI is InChI=1S/C22H17Cl2F6NOS/c1-12(31-19(32)10-21(25,26)27)13-2-4-14(5-3-13)15-9-20(33-11-15,22(28,29)30)16-6-17(23)8-18(24)7-16/h2-8,11-12H,9-10H2,1H3,(H,31,32)/t12-,20?/m0/s1. The van der Waals surface area contributed by atoms with Gasteiger partial charge in [0.05, 0.1) is 6.04 Å². The van der Waals surface area contributed by atoms with E-state index >= 15 is 0 Å². The average molecular weight is 528 g/mol. The molecule has 2 nitrogen and oxygen atoms in total. The van der Waals surface area contributed by atoms with E-state index in [0.29, 0.717) is 28.5 Å². The Kier molecular flexibility index (Phi) is 7.36. The van der Waals surface area contributed by atoms with Crippen LogP contribution in [0.25, 0.3) is 5.57 Å². The molecule has 0 aliphatic carbocycles. The molecule has 0 bridgehead atoms. The molecule has 3 rings (SSSR count). The highest BCUT2D eigenvalue weighted by Gasteiger charge is 2.58. The Labute approximate surface area is 200 Å². The lowest BCUT2D eigenvalue weighted by molar-refractivity contribution is -0.160. The Morgan fingerprint density at radius 1 is 1.06 bits per heavy atom. The lowest BCUT2D eigenvalue weighted by Crippen LogP contribution is -2.37. The van der Waals surface area contributed by atoms with Crippen molar-refractivity contribution in [3.05, 3.63) is 74.6 Å². The normalized spacial score (nSPS) is 19.8. The SMILES string of the molecule is C[C@H](NC(=O)CC(F)(F)F)c1ccc(C2=CSC(c3cc(Cl)cc(Cl)c3)(C(F)(F)F)C2)cc1. The fraction of sp³-hybridized carbons (Fsp3) is 0.318. The summed E-state index contributed by atoms with van der Waals surface area (Å²) in [4.78, 5) is 11.5. The number of thioether (sulfide) groups is 1. The van der Waals surface area contributed by atoms with E-state index in [2.05, 4.69) is 5.32 Å². The number of amides is 1. The van der Waals surface area contributed by atoms with Gasteiger partial charge >= 0.3 is 12.4 Å². The van der Waals surface area contributed by atoms with Crippen LogP contribution in [0.3, 0.4) is 0 Å². The Balaban J connectivity index is 1.79. The first kappa shape index (κ1) is 25.8. The van der Waals surface area contributed by atoms with Crippen molar-refractivity contribution in [2.24, 2.45) is 0 Å². The summed E-state index contributed by atoms with van der Waals surface area (Å²) in [7, 11) is 0. The fourth-order valence-corrected chi connectivity index (χ4v) is 5.24. The van der Waals surface area contributed by atoms with E-state index in [-0.39, 0.29) is 22.0 Å². The summed E-state index contributed by atoms with van der Waals surface area (Å²) in [6.07, 6.45) is -11.2. The minimum absolute atomic E-state index is 0.0543. The van der Waals surface area contributed by atoms with Gasteiger partial charge in [-0.05, 0) is 52.8 Å². The Hall–Kier alpha value is -1.84. The maximum atomic E-state index is 14.2. The van der Waals surface area contributed by atoms with E-state index in [1.807, 2.05) is 0 Å². The van der Waals surface area contributed by atoms with Gasteiger partial charge < -0.3 is 5.32 Å². The molecule has 178 valence electrons. The second kappa shape index (κ2) is 9.43. The second-order valence-corrected chi connectivity index (χ2v) is 9.66. The second-order valence-electron chi connectivity index (χ2n) is 7.62. The molecule has 0 fully saturated rings. The summed E-state index contributed by atoms with van der Waals surface area (Å²) in [5.41, 5.74) is 1.43. The summed E-state index contributed by atoms with van der Waals surface area (Å²) >= 11 is 12.5. The van der Waals surface area contributed by atoms with Crippen LogP contribution in [0.15, 0.2) is 47.9 Å². The first-order valence-electron chi connectivity index (χ1n) is 9.57. The maximum Gasteiger partial charge on any atom is 0.407 e. The van der Waals surface area contributed by atoms with Crippen molar-refractivity contribution in [3.8, 4) is 0 Å². The molecule has 2 atom stereocenters. The van der Waals surface area contributed by atoms with E-state index in [1.54, 1.807) is 24.3 Å². The predicted molar refractivity (Wildman–Crippen MR) is 118 cm³/mol. The number of hydrogen-bond donors (Lipinski definition) is 1. The molecule has 2 aromatic carbocycles.